The van der Waals surface area contributed by atoms with Gasteiger partial charge in [-0.3, -0.25) is 14.9 Å². The van der Waals surface area contributed by atoms with Crippen LogP contribution >= 0.6 is 0 Å². The number of methoxy groups -OCH3 is 1. The molecule has 0 saturated carbocycles. The predicted molar refractivity (Wildman–Crippen MR) is 91.7 cm³/mol. The van der Waals surface area contributed by atoms with Crippen LogP contribution in [0.5, 0.6) is 5.75 Å². The molecule has 0 bridgehead atoms. The van der Waals surface area contributed by atoms with Gasteiger partial charge >= 0.3 is 0 Å². The number of non-ortho nitro benzene ring substituents is 1. The largest absolute Gasteiger partial charge is 0.496 e. The Hall–Kier alpha value is -3.35. The fourth-order valence-electron chi connectivity index (χ4n) is 2.55. The van der Waals surface area contributed by atoms with Crippen LogP contribution in [-0.2, 0) is 0 Å². The highest BCUT2D eigenvalue weighted by Gasteiger charge is 2.20. The second-order valence-electron chi connectivity index (χ2n) is 5.52. The number of furan rings is 1. The number of nitro groups is 1. The van der Waals surface area contributed by atoms with Gasteiger partial charge in [0.1, 0.15) is 17.1 Å². The van der Waals surface area contributed by atoms with Crippen LogP contribution in [0.2, 0.25) is 0 Å². The number of hydrogen-bond acceptors (Lipinski definition) is 5. The summed E-state index contributed by atoms with van der Waals surface area (Å²) >= 11 is 0. The molecule has 25 heavy (non-hydrogen) atoms. The van der Waals surface area contributed by atoms with Crippen molar-refractivity contribution in [2.75, 3.05) is 7.11 Å². The molecule has 7 heteroatoms. The lowest BCUT2D eigenvalue weighted by molar-refractivity contribution is -0.384. The summed E-state index contributed by atoms with van der Waals surface area (Å²) in [4.78, 5) is 22.9. The molecule has 0 aliphatic heterocycles. The molecular formula is C18H16N2O5. The van der Waals surface area contributed by atoms with Crippen molar-refractivity contribution in [1.82, 2.24) is 5.32 Å². The molecule has 1 unspecified atom stereocenters. The van der Waals surface area contributed by atoms with Gasteiger partial charge in [-0.2, -0.15) is 0 Å². The van der Waals surface area contributed by atoms with E-state index in [1.54, 1.807) is 6.92 Å². The number of nitrogens with one attached hydrogen (secondary N) is 1. The van der Waals surface area contributed by atoms with Crippen LogP contribution in [0.1, 0.15) is 29.1 Å². The zero-order chi connectivity index (χ0) is 18.0. The lowest BCUT2D eigenvalue weighted by Gasteiger charge is -2.13. The maximum Gasteiger partial charge on any atom is 0.270 e. The minimum Gasteiger partial charge on any atom is -0.496 e. The van der Waals surface area contributed by atoms with E-state index in [1.165, 1.54) is 25.3 Å². The maximum absolute atomic E-state index is 12.5. The van der Waals surface area contributed by atoms with Gasteiger partial charge in [0, 0.05) is 17.5 Å². The number of para-hydroxylation sites is 1. The lowest BCUT2D eigenvalue weighted by Crippen LogP contribution is -2.26. The molecule has 1 aromatic heterocycles. The highest BCUT2D eigenvalue weighted by atomic mass is 16.6. The first-order chi connectivity index (χ1) is 12.0. The molecule has 3 rings (SSSR count). The smallest absolute Gasteiger partial charge is 0.270 e. The summed E-state index contributed by atoms with van der Waals surface area (Å²) in [5.74, 6) is 0.382. The molecule has 128 valence electrons. The number of fused-ring (bicyclic) bond motifs is 1. The summed E-state index contributed by atoms with van der Waals surface area (Å²) in [6, 6.07) is 12.9. The Balaban J connectivity index is 1.85. The van der Waals surface area contributed by atoms with Crippen LogP contribution in [0.3, 0.4) is 0 Å². The number of nitrogens with zero attached hydrogens (tertiary/aromatic N) is 1. The minimum absolute atomic E-state index is 0.0969. The standard InChI is InChI=1S/C18H16N2O5/c1-11(17-9-12-5-3-4-6-15(12)25-17)19-18(21)14-10-13(20(22)23)7-8-16(14)24-2/h3-11H,1-2H3,(H,19,21). The highest BCUT2D eigenvalue weighted by Crippen LogP contribution is 2.26. The zero-order valence-electron chi connectivity index (χ0n) is 13.7. The first-order valence-corrected chi connectivity index (χ1v) is 7.61. The summed E-state index contributed by atoms with van der Waals surface area (Å²) in [6.07, 6.45) is 0. The summed E-state index contributed by atoms with van der Waals surface area (Å²) in [5.41, 5.74) is 0.647. The van der Waals surface area contributed by atoms with E-state index in [0.717, 1.165) is 11.0 Å². The molecular weight excluding hydrogens is 324 g/mol. The van der Waals surface area contributed by atoms with Crippen molar-refractivity contribution in [1.29, 1.82) is 0 Å². The molecule has 2 aromatic carbocycles. The van der Waals surface area contributed by atoms with Gasteiger partial charge in [0.15, 0.2) is 0 Å². The molecule has 0 saturated heterocycles. The van der Waals surface area contributed by atoms with E-state index in [1.807, 2.05) is 30.3 Å². The van der Waals surface area contributed by atoms with Crippen LogP contribution in [0.15, 0.2) is 52.9 Å². The van der Waals surface area contributed by atoms with Gasteiger partial charge in [0.2, 0.25) is 0 Å². The van der Waals surface area contributed by atoms with Crippen molar-refractivity contribution in [2.24, 2.45) is 0 Å². The van der Waals surface area contributed by atoms with E-state index in [4.69, 9.17) is 9.15 Å². The zero-order valence-corrected chi connectivity index (χ0v) is 13.7. The number of rotatable bonds is 5. The summed E-state index contributed by atoms with van der Waals surface area (Å²) in [6.45, 7) is 1.78. The van der Waals surface area contributed by atoms with E-state index in [2.05, 4.69) is 5.32 Å². The van der Waals surface area contributed by atoms with Crippen molar-refractivity contribution in [3.63, 3.8) is 0 Å². The molecule has 3 aromatic rings. The molecule has 0 radical (unpaired) electrons. The van der Waals surface area contributed by atoms with Crippen molar-refractivity contribution >= 4 is 22.6 Å². The Morgan fingerprint density at radius 2 is 2.00 bits per heavy atom. The average molecular weight is 340 g/mol. The predicted octanol–water partition coefficient (Wildman–Crippen LogP) is 3.84. The van der Waals surface area contributed by atoms with Gasteiger partial charge in [-0.15, -0.1) is 0 Å². The van der Waals surface area contributed by atoms with E-state index >= 15 is 0 Å². The number of carbonyl (C=O) groups excluding carboxylic acids is 1. The maximum atomic E-state index is 12.5. The number of ether oxygens (including phenoxy) is 1. The Bertz CT molecular complexity index is 915. The Morgan fingerprint density at radius 1 is 1.24 bits per heavy atom. The Morgan fingerprint density at radius 3 is 2.68 bits per heavy atom. The number of amides is 1. The summed E-state index contributed by atoms with van der Waals surface area (Å²) in [5, 5.41) is 14.7. The molecule has 0 fully saturated rings. The van der Waals surface area contributed by atoms with Gasteiger partial charge in [-0.1, -0.05) is 18.2 Å². The molecule has 0 aliphatic rings. The van der Waals surface area contributed by atoms with Crippen molar-refractivity contribution in [2.45, 2.75) is 13.0 Å². The second kappa shape index (κ2) is 6.64. The molecule has 7 nitrogen and oxygen atoms in total. The normalized spacial score (nSPS) is 11.9. The molecule has 1 amide bonds. The monoisotopic (exact) mass is 340 g/mol. The van der Waals surface area contributed by atoms with Crippen molar-refractivity contribution < 1.29 is 18.9 Å². The van der Waals surface area contributed by atoms with E-state index < -0.39 is 16.9 Å². The third-order valence-electron chi connectivity index (χ3n) is 3.86. The van der Waals surface area contributed by atoms with Crippen LogP contribution in [-0.4, -0.2) is 17.9 Å². The van der Waals surface area contributed by atoms with Crippen molar-refractivity contribution in [3.8, 4) is 5.75 Å². The Labute approximate surface area is 143 Å². The molecule has 1 N–H and O–H groups in total. The quantitative estimate of drug-likeness (QED) is 0.562. The van der Waals surface area contributed by atoms with Crippen molar-refractivity contribution in [3.05, 3.63) is 70.0 Å². The lowest BCUT2D eigenvalue weighted by atomic mass is 10.1. The average Bonchev–Trinajstić information content (AvgIpc) is 3.05. The second-order valence-corrected chi connectivity index (χ2v) is 5.52. The fraction of sp³-hybridized carbons (Fsp3) is 0.167. The van der Waals surface area contributed by atoms with Crippen LogP contribution < -0.4 is 10.1 Å². The van der Waals surface area contributed by atoms with Crippen LogP contribution in [0.25, 0.3) is 11.0 Å². The number of hydrogen-bond donors (Lipinski definition) is 1. The first-order valence-electron chi connectivity index (χ1n) is 7.61. The fourth-order valence-corrected chi connectivity index (χ4v) is 2.55. The SMILES string of the molecule is COc1ccc([N+](=O)[O-])cc1C(=O)NC(C)c1cc2ccccc2o1. The third kappa shape index (κ3) is 3.30. The number of benzene rings is 2. The topological polar surface area (TPSA) is 94.6 Å². The van der Waals surface area contributed by atoms with E-state index in [-0.39, 0.29) is 17.0 Å². The van der Waals surface area contributed by atoms with E-state index in [0.29, 0.717) is 5.76 Å². The third-order valence-corrected chi connectivity index (χ3v) is 3.86. The van der Waals surface area contributed by atoms with Gasteiger partial charge < -0.3 is 14.5 Å². The molecule has 0 spiro atoms. The molecule has 0 aliphatic carbocycles. The number of carbonyl (C=O) groups is 1. The first kappa shape index (κ1) is 16.5. The van der Waals surface area contributed by atoms with E-state index in [9.17, 15) is 14.9 Å². The van der Waals surface area contributed by atoms with Crippen LogP contribution in [0.4, 0.5) is 5.69 Å². The minimum atomic E-state index is -0.557. The molecule has 1 atom stereocenters. The van der Waals surface area contributed by atoms with Gasteiger partial charge in [0.05, 0.1) is 23.6 Å². The number of nitro benzene ring substituents is 1. The van der Waals surface area contributed by atoms with Crippen LogP contribution in [0, 0.1) is 10.1 Å². The summed E-state index contributed by atoms with van der Waals surface area (Å²) in [7, 11) is 1.40. The van der Waals surface area contributed by atoms with Gasteiger partial charge in [-0.05, 0) is 25.1 Å². The van der Waals surface area contributed by atoms with Gasteiger partial charge in [-0.25, -0.2) is 0 Å². The summed E-state index contributed by atoms with van der Waals surface area (Å²) < 4.78 is 10.9. The Kier molecular flexibility index (Phi) is 4.38. The molecule has 1 heterocycles. The van der Waals surface area contributed by atoms with Gasteiger partial charge in [0.25, 0.3) is 11.6 Å². The highest BCUT2D eigenvalue weighted by molar-refractivity contribution is 5.97.